The van der Waals surface area contributed by atoms with E-state index in [9.17, 15) is 14.0 Å². The molecule has 5 nitrogen and oxygen atoms in total. The van der Waals surface area contributed by atoms with E-state index >= 15 is 0 Å². The maximum absolute atomic E-state index is 14.6. The van der Waals surface area contributed by atoms with Crippen LogP contribution in [-0.2, 0) is 19.4 Å². The van der Waals surface area contributed by atoms with Gasteiger partial charge in [0.05, 0.1) is 24.2 Å². The van der Waals surface area contributed by atoms with Gasteiger partial charge in [0.1, 0.15) is 16.4 Å². The Kier molecular flexibility index (Phi) is 5.85. The van der Waals surface area contributed by atoms with Crippen LogP contribution in [-0.4, -0.2) is 15.7 Å². The second-order valence-corrected chi connectivity index (χ2v) is 9.52. The smallest absolute Gasteiger partial charge is 0.337 e. The van der Waals surface area contributed by atoms with Crippen LogP contribution in [0.2, 0.25) is 5.02 Å². The summed E-state index contributed by atoms with van der Waals surface area (Å²) in [4.78, 5) is 29.1. The van der Waals surface area contributed by atoms with Crippen molar-refractivity contribution in [3.8, 4) is 11.4 Å². The summed E-state index contributed by atoms with van der Waals surface area (Å²) in [5.41, 5.74) is 0.827. The maximum atomic E-state index is 14.6. The number of fused-ring (bicyclic) bond motifs is 3. The topological polar surface area (TPSA) is 53.2 Å². The molecule has 0 bridgehead atoms. The molecule has 2 aromatic heterocycles. The summed E-state index contributed by atoms with van der Waals surface area (Å²) < 4.78 is 22.8. The summed E-state index contributed by atoms with van der Waals surface area (Å²) in [5, 5.41) is 0.797. The van der Waals surface area contributed by atoms with E-state index < -0.39 is 11.5 Å². The molecule has 5 rings (SSSR count). The van der Waals surface area contributed by atoms with Crippen LogP contribution in [0.4, 0.5) is 4.39 Å². The molecular formula is C25H22ClFN2O3S. The zero-order valence-corrected chi connectivity index (χ0v) is 19.6. The largest absolute Gasteiger partial charge is 0.494 e. The van der Waals surface area contributed by atoms with Crippen LogP contribution in [0.3, 0.4) is 0 Å². The molecule has 0 amide bonds. The van der Waals surface area contributed by atoms with Crippen LogP contribution in [0, 0.1) is 5.82 Å². The summed E-state index contributed by atoms with van der Waals surface area (Å²) >= 11 is 7.75. The molecule has 0 N–H and O–H groups in total. The van der Waals surface area contributed by atoms with Crippen LogP contribution in [0.1, 0.15) is 35.8 Å². The number of nitrogens with zero attached hydrogens (tertiary/aromatic N) is 2. The molecule has 8 heteroatoms. The van der Waals surface area contributed by atoms with E-state index in [1.165, 1.54) is 32.6 Å². The van der Waals surface area contributed by atoms with Crippen LogP contribution in [0.25, 0.3) is 15.9 Å². The van der Waals surface area contributed by atoms with Crippen molar-refractivity contribution in [3.63, 3.8) is 0 Å². The highest BCUT2D eigenvalue weighted by atomic mass is 35.5. The first kappa shape index (κ1) is 21.9. The van der Waals surface area contributed by atoms with Gasteiger partial charge in [0.15, 0.2) is 0 Å². The minimum atomic E-state index is -0.519. The highest BCUT2D eigenvalue weighted by Crippen LogP contribution is 2.35. The first-order chi connectivity index (χ1) is 16.0. The molecule has 33 heavy (non-hydrogen) atoms. The van der Waals surface area contributed by atoms with Crippen LogP contribution in [0.15, 0.2) is 52.1 Å². The highest BCUT2D eigenvalue weighted by molar-refractivity contribution is 7.18. The monoisotopic (exact) mass is 484 g/mol. The van der Waals surface area contributed by atoms with E-state index in [4.69, 9.17) is 16.3 Å². The Morgan fingerprint density at radius 3 is 2.58 bits per heavy atom. The summed E-state index contributed by atoms with van der Waals surface area (Å²) in [5.74, 6) is 0.171. The number of benzene rings is 2. The van der Waals surface area contributed by atoms with Crippen LogP contribution in [0.5, 0.6) is 5.75 Å². The molecule has 1 aliphatic carbocycles. The fraction of sp³-hybridized carbons (Fsp3) is 0.280. The fourth-order valence-electron chi connectivity index (χ4n) is 4.44. The summed E-state index contributed by atoms with van der Waals surface area (Å²) in [7, 11) is 0. The molecule has 4 aromatic rings. The van der Waals surface area contributed by atoms with E-state index in [1.807, 2.05) is 6.92 Å². The van der Waals surface area contributed by atoms with Gasteiger partial charge in [-0.3, -0.25) is 9.36 Å². The van der Waals surface area contributed by atoms with Crippen molar-refractivity contribution in [2.75, 3.05) is 6.61 Å². The van der Waals surface area contributed by atoms with Crippen molar-refractivity contribution in [1.82, 2.24) is 9.13 Å². The van der Waals surface area contributed by atoms with E-state index in [0.29, 0.717) is 28.3 Å². The maximum Gasteiger partial charge on any atom is 0.337 e. The van der Waals surface area contributed by atoms with Crippen LogP contribution < -0.4 is 16.0 Å². The molecule has 1 aliphatic rings. The van der Waals surface area contributed by atoms with Gasteiger partial charge in [-0.25, -0.2) is 13.8 Å². The van der Waals surface area contributed by atoms with Gasteiger partial charge >= 0.3 is 5.69 Å². The zero-order valence-electron chi connectivity index (χ0n) is 18.1. The first-order valence-corrected chi connectivity index (χ1v) is 12.1. The Balaban J connectivity index is 1.79. The van der Waals surface area contributed by atoms with Crippen molar-refractivity contribution in [2.45, 2.75) is 39.2 Å². The molecule has 0 saturated carbocycles. The van der Waals surface area contributed by atoms with Crippen molar-refractivity contribution in [3.05, 3.63) is 90.1 Å². The lowest BCUT2D eigenvalue weighted by molar-refractivity contribution is 0.340. The third-order valence-electron chi connectivity index (χ3n) is 6.02. The number of aromatic nitrogens is 2. The van der Waals surface area contributed by atoms with Gasteiger partial charge in [-0.2, -0.15) is 0 Å². The Labute approximate surface area is 198 Å². The van der Waals surface area contributed by atoms with Crippen LogP contribution >= 0.6 is 22.9 Å². The zero-order chi connectivity index (χ0) is 23.1. The van der Waals surface area contributed by atoms with Crippen molar-refractivity contribution in [1.29, 1.82) is 0 Å². The quantitative estimate of drug-likeness (QED) is 0.384. The van der Waals surface area contributed by atoms with Gasteiger partial charge in [0.2, 0.25) is 0 Å². The van der Waals surface area contributed by atoms with Crippen molar-refractivity contribution < 1.29 is 9.13 Å². The number of rotatable bonds is 5. The van der Waals surface area contributed by atoms with Gasteiger partial charge in [-0.15, -0.1) is 11.3 Å². The molecule has 0 saturated heterocycles. The SMILES string of the molecule is CCOc1ccc(-n2c(=O)c3c4c(sc3n(Cc3c(F)cccc3Cl)c2=O)CCCC4)cc1. The van der Waals surface area contributed by atoms with Crippen molar-refractivity contribution in [2.24, 2.45) is 0 Å². The van der Waals surface area contributed by atoms with E-state index in [0.717, 1.165) is 36.1 Å². The molecule has 0 radical (unpaired) electrons. The molecule has 170 valence electrons. The van der Waals surface area contributed by atoms with E-state index in [1.54, 1.807) is 30.3 Å². The minimum Gasteiger partial charge on any atom is -0.494 e. The Morgan fingerprint density at radius 1 is 1.09 bits per heavy atom. The summed E-state index contributed by atoms with van der Waals surface area (Å²) in [6.07, 6.45) is 3.73. The van der Waals surface area contributed by atoms with Gasteiger partial charge in [0, 0.05) is 15.5 Å². The molecule has 0 spiro atoms. The third kappa shape index (κ3) is 3.79. The second kappa shape index (κ2) is 8.80. The predicted molar refractivity (Wildman–Crippen MR) is 130 cm³/mol. The first-order valence-electron chi connectivity index (χ1n) is 11.0. The normalized spacial score (nSPS) is 13.3. The summed E-state index contributed by atoms with van der Waals surface area (Å²) in [6, 6.07) is 11.3. The minimum absolute atomic E-state index is 0.0580. The number of halogens is 2. The number of hydrogen-bond acceptors (Lipinski definition) is 4. The highest BCUT2D eigenvalue weighted by Gasteiger charge is 2.25. The van der Waals surface area contributed by atoms with Gasteiger partial charge in [-0.1, -0.05) is 17.7 Å². The Hall–Kier alpha value is -2.90. The molecular weight excluding hydrogens is 463 g/mol. The lowest BCUT2D eigenvalue weighted by Gasteiger charge is -2.15. The standard InChI is InChI=1S/C25H22ClFN2O3S/c1-2-32-16-12-10-15(11-13-16)29-23(30)22-17-6-3-4-9-21(17)33-24(22)28(25(29)31)14-18-19(26)7-5-8-20(18)27/h5,7-8,10-13H,2-4,6,9,14H2,1H3. The Morgan fingerprint density at radius 2 is 1.85 bits per heavy atom. The van der Waals surface area contributed by atoms with E-state index in [-0.39, 0.29) is 22.7 Å². The number of hydrogen-bond donors (Lipinski definition) is 0. The predicted octanol–water partition coefficient (Wildman–Crippen LogP) is 5.33. The molecule has 2 heterocycles. The number of aryl methyl sites for hydroxylation is 2. The molecule has 0 unspecified atom stereocenters. The molecule has 0 atom stereocenters. The molecule has 0 fully saturated rings. The number of thiophene rings is 1. The second-order valence-electron chi connectivity index (χ2n) is 8.03. The third-order valence-corrected chi connectivity index (χ3v) is 7.69. The average molecular weight is 485 g/mol. The lowest BCUT2D eigenvalue weighted by atomic mass is 9.97. The van der Waals surface area contributed by atoms with E-state index in [2.05, 4.69) is 0 Å². The lowest BCUT2D eigenvalue weighted by Crippen LogP contribution is -2.39. The van der Waals surface area contributed by atoms with Gasteiger partial charge in [0.25, 0.3) is 5.56 Å². The van der Waals surface area contributed by atoms with Crippen molar-refractivity contribution >= 4 is 33.2 Å². The summed E-state index contributed by atoms with van der Waals surface area (Å²) in [6.45, 7) is 2.35. The average Bonchev–Trinajstić information content (AvgIpc) is 3.19. The molecule has 0 aliphatic heterocycles. The fourth-order valence-corrected chi connectivity index (χ4v) is 6.03. The number of ether oxygens (including phenoxy) is 1. The Bertz CT molecular complexity index is 1450. The molecule has 2 aromatic carbocycles. The van der Waals surface area contributed by atoms with Gasteiger partial charge < -0.3 is 4.74 Å². The van der Waals surface area contributed by atoms with Gasteiger partial charge in [-0.05, 0) is 74.6 Å².